The van der Waals surface area contributed by atoms with Gasteiger partial charge in [-0.15, -0.1) is 0 Å². The Kier molecular flexibility index (Phi) is 7.29. The van der Waals surface area contributed by atoms with Crippen molar-refractivity contribution in [3.8, 4) is 0 Å². The third-order valence-electron chi connectivity index (χ3n) is 3.92. The van der Waals surface area contributed by atoms with Crippen LogP contribution in [0.25, 0.3) is 0 Å². The zero-order valence-corrected chi connectivity index (χ0v) is 12.3. The highest BCUT2D eigenvalue weighted by atomic mass is 19.2. The van der Waals surface area contributed by atoms with Crippen molar-refractivity contribution >= 4 is 5.97 Å². The number of hydrogen-bond donors (Lipinski definition) is 2. The molecule has 1 aromatic carbocycles. The van der Waals surface area contributed by atoms with Gasteiger partial charge in [0.1, 0.15) is 0 Å². The first kappa shape index (κ1) is 17.6. The minimum absolute atomic E-state index is 0.129. The van der Waals surface area contributed by atoms with Gasteiger partial charge < -0.3 is 10.8 Å². The van der Waals surface area contributed by atoms with Gasteiger partial charge in [-0.05, 0) is 36.8 Å². The zero-order chi connectivity index (χ0) is 15.8. The molecule has 0 saturated heterocycles. The van der Waals surface area contributed by atoms with Crippen LogP contribution < -0.4 is 5.73 Å². The van der Waals surface area contributed by atoms with Crippen molar-refractivity contribution in [3.63, 3.8) is 0 Å². The van der Waals surface area contributed by atoms with E-state index in [-0.39, 0.29) is 12.5 Å². The molecule has 5 heteroatoms. The molecule has 21 heavy (non-hydrogen) atoms. The molecule has 0 aromatic heterocycles. The maximum absolute atomic E-state index is 13.5. The van der Waals surface area contributed by atoms with Crippen molar-refractivity contribution in [2.75, 3.05) is 6.54 Å². The molecule has 3 nitrogen and oxygen atoms in total. The van der Waals surface area contributed by atoms with Crippen LogP contribution in [0.4, 0.5) is 8.78 Å². The molecule has 0 saturated carbocycles. The van der Waals surface area contributed by atoms with Crippen LogP contribution in [-0.2, 0) is 11.2 Å². The summed E-state index contributed by atoms with van der Waals surface area (Å²) < 4.78 is 26.6. The molecule has 0 radical (unpaired) electrons. The Morgan fingerprint density at radius 1 is 1.38 bits per heavy atom. The van der Waals surface area contributed by atoms with E-state index in [0.29, 0.717) is 24.8 Å². The lowest BCUT2D eigenvalue weighted by atomic mass is 9.88. The van der Waals surface area contributed by atoms with Crippen molar-refractivity contribution < 1.29 is 18.7 Å². The largest absolute Gasteiger partial charge is 0.481 e. The predicted molar refractivity (Wildman–Crippen MR) is 77.9 cm³/mol. The third kappa shape index (κ3) is 5.42. The molecule has 0 amide bonds. The van der Waals surface area contributed by atoms with Gasteiger partial charge in [-0.25, -0.2) is 8.78 Å². The molecule has 1 rings (SSSR count). The molecule has 0 aliphatic rings. The molecule has 0 spiro atoms. The molecule has 0 fully saturated rings. The number of aliphatic carboxylic acids is 1. The molecule has 0 bridgehead atoms. The fourth-order valence-electron chi connectivity index (χ4n) is 2.51. The quantitative estimate of drug-likeness (QED) is 0.735. The average molecular weight is 299 g/mol. The molecule has 0 heterocycles. The van der Waals surface area contributed by atoms with Gasteiger partial charge in [-0.3, -0.25) is 4.79 Å². The number of nitrogens with two attached hydrogens (primary N) is 1. The molecule has 2 unspecified atom stereocenters. The van der Waals surface area contributed by atoms with E-state index in [2.05, 4.69) is 0 Å². The molecule has 0 aliphatic carbocycles. The highest BCUT2D eigenvalue weighted by Gasteiger charge is 2.20. The van der Waals surface area contributed by atoms with Crippen LogP contribution in [-0.4, -0.2) is 17.6 Å². The number of halogens is 2. The third-order valence-corrected chi connectivity index (χ3v) is 3.92. The Hall–Kier alpha value is -1.49. The number of rotatable bonds is 9. The van der Waals surface area contributed by atoms with E-state index in [1.165, 1.54) is 6.07 Å². The van der Waals surface area contributed by atoms with Crippen LogP contribution in [0.3, 0.4) is 0 Å². The average Bonchev–Trinajstić information content (AvgIpc) is 2.46. The van der Waals surface area contributed by atoms with Crippen molar-refractivity contribution in [2.24, 2.45) is 17.6 Å². The fraction of sp³-hybridized carbons (Fsp3) is 0.562. The van der Waals surface area contributed by atoms with E-state index in [1.54, 1.807) is 6.07 Å². The Morgan fingerprint density at radius 3 is 2.67 bits per heavy atom. The van der Waals surface area contributed by atoms with E-state index in [4.69, 9.17) is 10.8 Å². The number of carboxylic acids is 1. The topological polar surface area (TPSA) is 63.3 Å². The summed E-state index contributed by atoms with van der Waals surface area (Å²) in [4.78, 5) is 11.0. The Labute approximate surface area is 124 Å². The van der Waals surface area contributed by atoms with Crippen LogP contribution in [0.15, 0.2) is 18.2 Å². The van der Waals surface area contributed by atoms with Crippen molar-refractivity contribution in [1.29, 1.82) is 0 Å². The molecular formula is C16H23F2NO2. The van der Waals surface area contributed by atoms with E-state index in [1.807, 2.05) is 6.92 Å². The Morgan fingerprint density at radius 2 is 2.10 bits per heavy atom. The summed E-state index contributed by atoms with van der Waals surface area (Å²) in [5, 5.41) is 9.02. The summed E-state index contributed by atoms with van der Waals surface area (Å²) >= 11 is 0. The van der Waals surface area contributed by atoms with Crippen molar-refractivity contribution in [1.82, 2.24) is 0 Å². The molecule has 118 valence electrons. The van der Waals surface area contributed by atoms with Gasteiger partial charge >= 0.3 is 5.97 Å². The second-order valence-corrected chi connectivity index (χ2v) is 5.39. The lowest BCUT2D eigenvalue weighted by Crippen LogP contribution is -2.25. The number of hydrogen-bond acceptors (Lipinski definition) is 2. The molecule has 1 aromatic rings. The first-order valence-corrected chi connectivity index (χ1v) is 7.35. The van der Waals surface area contributed by atoms with E-state index >= 15 is 0 Å². The second kappa shape index (κ2) is 8.72. The fourth-order valence-corrected chi connectivity index (χ4v) is 2.51. The number of aryl methyl sites for hydroxylation is 1. The number of benzene rings is 1. The van der Waals surface area contributed by atoms with Gasteiger partial charge in [0.25, 0.3) is 0 Å². The monoisotopic (exact) mass is 299 g/mol. The van der Waals surface area contributed by atoms with Crippen molar-refractivity contribution in [3.05, 3.63) is 35.4 Å². The van der Waals surface area contributed by atoms with Gasteiger partial charge in [0.2, 0.25) is 0 Å². The smallest absolute Gasteiger partial charge is 0.307 e. The molecule has 0 aliphatic heterocycles. The van der Waals surface area contributed by atoms with Gasteiger partial charge in [-0.2, -0.15) is 0 Å². The van der Waals surface area contributed by atoms with Gasteiger partial charge in [0, 0.05) is 6.54 Å². The number of carbonyl (C=O) groups is 1. The normalized spacial score (nSPS) is 13.9. The lowest BCUT2D eigenvalue weighted by Gasteiger charge is -2.18. The van der Waals surface area contributed by atoms with E-state index < -0.39 is 23.5 Å². The van der Waals surface area contributed by atoms with Crippen LogP contribution >= 0.6 is 0 Å². The summed E-state index contributed by atoms with van der Waals surface area (Å²) in [7, 11) is 0. The number of carboxylic acid groups (broad SMARTS) is 1. The Balaban J connectivity index is 2.48. The Bertz CT molecular complexity index is 466. The highest BCUT2D eigenvalue weighted by molar-refractivity contribution is 5.70. The van der Waals surface area contributed by atoms with Crippen molar-refractivity contribution in [2.45, 2.75) is 39.0 Å². The maximum atomic E-state index is 13.5. The van der Waals surface area contributed by atoms with E-state index in [9.17, 15) is 13.6 Å². The van der Waals surface area contributed by atoms with Crippen LogP contribution in [0.5, 0.6) is 0 Å². The molecular weight excluding hydrogens is 276 g/mol. The minimum atomic E-state index is -0.868. The first-order chi connectivity index (χ1) is 9.99. The van der Waals surface area contributed by atoms with Gasteiger partial charge in [0.15, 0.2) is 11.6 Å². The summed E-state index contributed by atoms with van der Waals surface area (Å²) in [6.07, 6.45) is 3.34. The summed E-state index contributed by atoms with van der Waals surface area (Å²) in [6, 6.07) is 4.19. The summed E-state index contributed by atoms with van der Waals surface area (Å²) in [6.45, 7) is 2.13. The first-order valence-electron chi connectivity index (χ1n) is 7.35. The minimum Gasteiger partial charge on any atom is -0.481 e. The molecule has 3 N–H and O–H groups in total. The predicted octanol–water partition coefficient (Wildman–Crippen LogP) is 3.36. The lowest BCUT2D eigenvalue weighted by molar-refractivity contribution is -0.142. The van der Waals surface area contributed by atoms with Crippen LogP contribution in [0.2, 0.25) is 0 Å². The summed E-state index contributed by atoms with van der Waals surface area (Å²) in [5.41, 5.74) is 5.83. The second-order valence-electron chi connectivity index (χ2n) is 5.39. The van der Waals surface area contributed by atoms with Gasteiger partial charge in [0.05, 0.1) is 5.92 Å². The van der Waals surface area contributed by atoms with Crippen LogP contribution in [0.1, 0.15) is 38.2 Å². The SMILES string of the molecule is CCC(CCCc1cccc(F)c1F)CC(CN)C(=O)O. The van der Waals surface area contributed by atoms with Gasteiger partial charge in [-0.1, -0.05) is 31.9 Å². The molecule has 2 atom stereocenters. The highest BCUT2D eigenvalue weighted by Crippen LogP contribution is 2.22. The van der Waals surface area contributed by atoms with Crippen LogP contribution in [0, 0.1) is 23.5 Å². The standard InChI is InChI=1S/C16H23F2NO2/c1-2-11(9-13(10-19)16(20)21)5-3-6-12-7-4-8-14(17)15(12)18/h4,7-8,11,13H,2-3,5-6,9-10,19H2,1H3,(H,20,21). The zero-order valence-electron chi connectivity index (χ0n) is 12.3. The summed E-state index contributed by atoms with van der Waals surface area (Å²) in [5.74, 6) is -2.76. The van der Waals surface area contributed by atoms with E-state index in [0.717, 1.165) is 18.9 Å². The maximum Gasteiger partial charge on any atom is 0.307 e.